The Morgan fingerprint density at radius 2 is 2.50 bits per heavy atom. The maximum Gasteiger partial charge on any atom is 0.150 e. The van der Waals surface area contributed by atoms with E-state index in [1.165, 1.54) is 0 Å². The molecule has 0 spiro atoms. The molecule has 1 atom stereocenters. The molecule has 1 aromatic rings. The average Bonchev–Trinajstić information content (AvgIpc) is 2.49. The predicted octanol–water partition coefficient (Wildman–Crippen LogP) is 0.578. The van der Waals surface area contributed by atoms with Gasteiger partial charge < -0.3 is 9.88 Å². The summed E-state index contributed by atoms with van der Waals surface area (Å²) in [6.07, 6.45) is 1.81. The van der Waals surface area contributed by atoms with Gasteiger partial charge in [-0.1, -0.05) is 13.8 Å². The maximum absolute atomic E-state index is 4.11. The van der Waals surface area contributed by atoms with Crippen LogP contribution in [0.2, 0.25) is 0 Å². The van der Waals surface area contributed by atoms with Crippen LogP contribution in [-0.4, -0.2) is 21.3 Å². The second-order valence-electron chi connectivity index (χ2n) is 3.56. The van der Waals surface area contributed by atoms with Crippen LogP contribution in [0, 0.1) is 5.92 Å². The van der Waals surface area contributed by atoms with Gasteiger partial charge in [0.25, 0.3) is 0 Å². The molecule has 4 heteroatoms. The van der Waals surface area contributed by atoms with Crippen molar-refractivity contribution in [2.24, 2.45) is 5.92 Å². The first kappa shape index (κ1) is 7.73. The molecule has 0 aromatic carbocycles. The van der Waals surface area contributed by atoms with E-state index in [9.17, 15) is 0 Å². The molecule has 66 valence electrons. The Morgan fingerprint density at radius 3 is 3.25 bits per heavy atom. The molecular weight excluding hydrogens is 152 g/mol. The largest absolute Gasteiger partial charge is 0.315 e. The molecule has 1 aromatic heterocycles. The third kappa shape index (κ3) is 1.12. The molecule has 4 nitrogen and oxygen atoms in total. The van der Waals surface area contributed by atoms with Crippen molar-refractivity contribution in [3.8, 4) is 0 Å². The van der Waals surface area contributed by atoms with Crippen molar-refractivity contribution in [2.75, 3.05) is 6.54 Å². The van der Waals surface area contributed by atoms with Gasteiger partial charge in [-0.3, -0.25) is 0 Å². The molecule has 12 heavy (non-hydrogen) atoms. The van der Waals surface area contributed by atoms with Gasteiger partial charge in [0.1, 0.15) is 12.2 Å². The van der Waals surface area contributed by atoms with Crippen LogP contribution in [0.1, 0.15) is 25.7 Å². The molecule has 1 unspecified atom stereocenters. The lowest BCUT2D eigenvalue weighted by molar-refractivity contribution is 0.338. The zero-order chi connectivity index (χ0) is 8.55. The van der Waals surface area contributed by atoms with Crippen LogP contribution < -0.4 is 5.32 Å². The first-order valence-corrected chi connectivity index (χ1v) is 4.40. The fraction of sp³-hybridized carbons (Fsp3) is 0.750. The second-order valence-corrected chi connectivity index (χ2v) is 3.56. The first-order valence-electron chi connectivity index (χ1n) is 4.40. The van der Waals surface area contributed by atoms with Gasteiger partial charge in [0.2, 0.25) is 0 Å². The Hall–Kier alpha value is -0.900. The summed E-state index contributed by atoms with van der Waals surface area (Å²) >= 11 is 0. The van der Waals surface area contributed by atoms with Gasteiger partial charge in [-0.2, -0.15) is 0 Å². The second kappa shape index (κ2) is 2.86. The Bertz CT molecular complexity index is 266. The molecule has 0 saturated heterocycles. The Kier molecular flexibility index (Phi) is 1.84. The number of nitrogens with zero attached hydrogens (tertiary/aromatic N) is 3. The number of fused-ring (bicyclic) bond motifs is 1. The molecule has 0 amide bonds. The third-order valence-corrected chi connectivity index (χ3v) is 2.31. The van der Waals surface area contributed by atoms with Gasteiger partial charge in [-0.25, -0.2) is 0 Å². The molecule has 0 fully saturated rings. The monoisotopic (exact) mass is 166 g/mol. The molecule has 2 heterocycles. The lowest BCUT2D eigenvalue weighted by Crippen LogP contribution is -2.36. The van der Waals surface area contributed by atoms with E-state index in [-0.39, 0.29) is 0 Å². The summed E-state index contributed by atoms with van der Waals surface area (Å²) in [5.74, 6) is 1.66. The zero-order valence-electron chi connectivity index (χ0n) is 7.49. The number of hydrogen-bond donors (Lipinski definition) is 1. The molecule has 1 N–H and O–H groups in total. The van der Waals surface area contributed by atoms with Crippen LogP contribution in [0.15, 0.2) is 6.33 Å². The minimum atomic E-state index is 0.376. The van der Waals surface area contributed by atoms with Crippen LogP contribution in [0.4, 0.5) is 0 Å². The summed E-state index contributed by atoms with van der Waals surface area (Å²) < 4.78 is 2.13. The van der Waals surface area contributed by atoms with Crippen molar-refractivity contribution in [1.82, 2.24) is 20.1 Å². The van der Waals surface area contributed by atoms with Gasteiger partial charge in [0.05, 0.1) is 6.04 Å². The van der Waals surface area contributed by atoms with Crippen LogP contribution in [0.3, 0.4) is 0 Å². The van der Waals surface area contributed by atoms with E-state index < -0.39 is 0 Å². The molecule has 1 aliphatic heterocycles. The SMILES string of the molecule is CC(C)C1NCCn2cnnc21. The predicted molar refractivity (Wildman–Crippen MR) is 45.6 cm³/mol. The number of hydrogen-bond acceptors (Lipinski definition) is 3. The lowest BCUT2D eigenvalue weighted by atomic mass is 10.0. The summed E-state index contributed by atoms with van der Waals surface area (Å²) in [5.41, 5.74) is 0. The number of nitrogens with one attached hydrogen (secondary N) is 1. The molecule has 1 aliphatic rings. The van der Waals surface area contributed by atoms with Crippen molar-refractivity contribution in [2.45, 2.75) is 26.4 Å². The third-order valence-electron chi connectivity index (χ3n) is 2.31. The van der Waals surface area contributed by atoms with E-state index in [1.807, 2.05) is 6.33 Å². The summed E-state index contributed by atoms with van der Waals surface area (Å²) in [4.78, 5) is 0. The fourth-order valence-electron chi connectivity index (χ4n) is 1.64. The van der Waals surface area contributed by atoms with Gasteiger partial charge >= 0.3 is 0 Å². The van der Waals surface area contributed by atoms with Crippen molar-refractivity contribution in [3.63, 3.8) is 0 Å². The van der Waals surface area contributed by atoms with Crippen molar-refractivity contribution < 1.29 is 0 Å². The van der Waals surface area contributed by atoms with E-state index in [2.05, 4.69) is 33.9 Å². The highest BCUT2D eigenvalue weighted by Crippen LogP contribution is 2.21. The quantitative estimate of drug-likeness (QED) is 0.663. The summed E-state index contributed by atoms with van der Waals surface area (Å²) in [7, 11) is 0. The summed E-state index contributed by atoms with van der Waals surface area (Å²) in [6, 6.07) is 0.376. The van der Waals surface area contributed by atoms with Crippen molar-refractivity contribution >= 4 is 0 Å². The van der Waals surface area contributed by atoms with Gasteiger partial charge in [0.15, 0.2) is 0 Å². The number of aromatic nitrogens is 3. The van der Waals surface area contributed by atoms with E-state index in [4.69, 9.17) is 0 Å². The smallest absolute Gasteiger partial charge is 0.150 e. The normalized spacial score (nSPS) is 22.8. The Balaban J connectivity index is 2.31. The van der Waals surface area contributed by atoms with Crippen molar-refractivity contribution in [1.29, 1.82) is 0 Å². The Labute approximate surface area is 72.0 Å². The summed E-state index contributed by atoms with van der Waals surface area (Å²) in [6.45, 7) is 6.41. The molecule has 2 rings (SSSR count). The lowest BCUT2D eigenvalue weighted by Gasteiger charge is -2.26. The summed E-state index contributed by atoms with van der Waals surface area (Å²) in [5, 5.41) is 11.5. The zero-order valence-corrected chi connectivity index (χ0v) is 7.49. The van der Waals surface area contributed by atoms with Crippen LogP contribution in [0.25, 0.3) is 0 Å². The minimum absolute atomic E-state index is 0.376. The molecular formula is C8H14N4. The fourth-order valence-corrected chi connectivity index (χ4v) is 1.64. The average molecular weight is 166 g/mol. The van der Waals surface area contributed by atoms with Gasteiger partial charge in [-0.05, 0) is 5.92 Å². The Morgan fingerprint density at radius 1 is 1.67 bits per heavy atom. The van der Waals surface area contributed by atoms with Crippen LogP contribution >= 0.6 is 0 Å². The van der Waals surface area contributed by atoms with Gasteiger partial charge in [0, 0.05) is 13.1 Å². The molecule has 0 radical (unpaired) electrons. The highest BCUT2D eigenvalue weighted by atomic mass is 15.3. The minimum Gasteiger partial charge on any atom is -0.315 e. The van der Waals surface area contributed by atoms with E-state index >= 15 is 0 Å². The van der Waals surface area contributed by atoms with E-state index in [0.717, 1.165) is 18.9 Å². The van der Waals surface area contributed by atoms with E-state index in [0.29, 0.717) is 12.0 Å². The standard InChI is InChI=1S/C8H14N4/c1-6(2)7-8-11-10-5-12(8)4-3-9-7/h5-7,9H,3-4H2,1-2H3. The molecule has 0 saturated carbocycles. The maximum atomic E-state index is 4.11. The first-order chi connectivity index (χ1) is 5.79. The van der Waals surface area contributed by atoms with Gasteiger partial charge in [-0.15, -0.1) is 10.2 Å². The number of rotatable bonds is 1. The molecule has 0 bridgehead atoms. The van der Waals surface area contributed by atoms with E-state index in [1.54, 1.807) is 0 Å². The molecule has 0 aliphatic carbocycles. The highest BCUT2D eigenvalue weighted by molar-refractivity contribution is 4.99. The van der Waals surface area contributed by atoms with Crippen LogP contribution in [0.5, 0.6) is 0 Å². The topological polar surface area (TPSA) is 42.7 Å². The highest BCUT2D eigenvalue weighted by Gasteiger charge is 2.23. The van der Waals surface area contributed by atoms with Crippen molar-refractivity contribution in [3.05, 3.63) is 12.2 Å². The van der Waals surface area contributed by atoms with Crippen LogP contribution in [-0.2, 0) is 6.54 Å².